The molecule has 3 nitrogen and oxygen atoms in total. The molecule has 1 aromatic carbocycles. The Bertz CT molecular complexity index is 417. The summed E-state index contributed by atoms with van der Waals surface area (Å²) in [6.07, 6.45) is 0.789. The van der Waals surface area contributed by atoms with Gasteiger partial charge in [-0.25, -0.2) is 4.39 Å². The van der Waals surface area contributed by atoms with Gasteiger partial charge in [0.25, 0.3) is 0 Å². The summed E-state index contributed by atoms with van der Waals surface area (Å²) in [7, 11) is 1.42. The molecule has 0 heterocycles. The lowest BCUT2D eigenvalue weighted by Crippen LogP contribution is -2.26. The molecule has 0 saturated carbocycles. The highest BCUT2D eigenvalue weighted by molar-refractivity contribution is 5.81. The molecule has 0 aliphatic rings. The first-order chi connectivity index (χ1) is 9.10. The summed E-state index contributed by atoms with van der Waals surface area (Å²) in [5, 5.41) is 0. The van der Waals surface area contributed by atoms with Gasteiger partial charge in [0.2, 0.25) is 0 Å². The van der Waals surface area contributed by atoms with Crippen molar-refractivity contribution in [1.82, 2.24) is 4.90 Å². The first-order valence-corrected chi connectivity index (χ1v) is 6.67. The Morgan fingerprint density at radius 1 is 1.32 bits per heavy atom. The summed E-state index contributed by atoms with van der Waals surface area (Å²) in [5.74, 6) is -0.0765. The van der Waals surface area contributed by atoms with E-state index in [1.807, 2.05) is 0 Å². The van der Waals surface area contributed by atoms with Gasteiger partial charge in [0.15, 0.2) is 11.6 Å². The molecular weight excluding hydrogens is 245 g/mol. The molecule has 0 aliphatic carbocycles. The van der Waals surface area contributed by atoms with Crippen LogP contribution in [-0.4, -0.2) is 37.4 Å². The second-order valence-corrected chi connectivity index (χ2v) is 4.46. The maximum absolute atomic E-state index is 13.5. The molecule has 0 aromatic heterocycles. The van der Waals surface area contributed by atoms with Gasteiger partial charge in [-0.2, -0.15) is 0 Å². The lowest BCUT2D eigenvalue weighted by molar-refractivity contribution is -0.118. The largest absolute Gasteiger partial charge is 0.494 e. The highest BCUT2D eigenvalue weighted by Crippen LogP contribution is 2.18. The molecule has 1 aromatic rings. The van der Waals surface area contributed by atoms with E-state index in [-0.39, 0.29) is 18.0 Å². The number of halogens is 1. The Hall–Kier alpha value is -1.42. The SMILES string of the molecule is CCN(CC)CCC(=O)Cc1ccc(OC)c(F)c1. The molecule has 106 valence electrons. The smallest absolute Gasteiger partial charge is 0.165 e. The Morgan fingerprint density at radius 3 is 2.53 bits per heavy atom. The second-order valence-electron chi connectivity index (χ2n) is 4.46. The van der Waals surface area contributed by atoms with Crippen LogP contribution in [0.2, 0.25) is 0 Å². The van der Waals surface area contributed by atoms with E-state index in [1.165, 1.54) is 13.2 Å². The Morgan fingerprint density at radius 2 is 2.00 bits per heavy atom. The van der Waals surface area contributed by atoms with Crippen LogP contribution in [0.3, 0.4) is 0 Å². The number of hydrogen-bond donors (Lipinski definition) is 0. The summed E-state index contributed by atoms with van der Waals surface area (Å²) < 4.78 is 18.3. The summed E-state index contributed by atoms with van der Waals surface area (Å²) in [6, 6.07) is 4.66. The first kappa shape index (κ1) is 15.6. The number of carbonyl (C=O) groups excluding carboxylic acids is 1. The van der Waals surface area contributed by atoms with E-state index in [1.54, 1.807) is 12.1 Å². The average Bonchev–Trinajstić information content (AvgIpc) is 2.40. The van der Waals surface area contributed by atoms with Gasteiger partial charge in [-0.1, -0.05) is 19.9 Å². The Balaban J connectivity index is 2.50. The third-order valence-electron chi connectivity index (χ3n) is 3.22. The lowest BCUT2D eigenvalue weighted by Gasteiger charge is -2.17. The molecule has 0 bridgehead atoms. The highest BCUT2D eigenvalue weighted by atomic mass is 19.1. The van der Waals surface area contributed by atoms with Crippen molar-refractivity contribution in [2.24, 2.45) is 0 Å². The molecule has 0 amide bonds. The van der Waals surface area contributed by atoms with Gasteiger partial charge in [0.05, 0.1) is 7.11 Å². The maximum Gasteiger partial charge on any atom is 0.165 e. The van der Waals surface area contributed by atoms with E-state index in [0.717, 1.165) is 19.6 Å². The van der Waals surface area contributed by atoms with Crippen molar-refractivity contribution in [1.29, 1.82) is 0 Å². The summed E-state index contributed by atoms with van der Waals surface area (Å²) in [4.78, 5) is 14.0. The van der Waals surface area contributed by atoms with Gasteiger partial charge in [0, 0.05) is 19.4 Å². The number of methoxy groups -OCH3 is 1. The fourth-order valence-corrected chi connectivity index (χ4v) is 1.96. The minimum atomic E-state index is -0.420. The number of Topliss-reactive ketones (excluding diaryl/α,β-unsaturated/α-hetero) is 1. The van der Waals surface area contributed by atoms with E-state index >= 15 is 0 Å². The summed E-state index contributed by atoms with van der Waals surface area (Å²) >= 11 is 0. The zero-order chi connectivity index (χ0) is 14.3. The van der Waals surface area contributed by atoms with Crippen LogP contribution < -0.4 is 4.74 Å². The van der Waals surface area contributed by atoms with Gasteiger partial charge in [0.1, 0.15) is 5.78 Å². The van der Waals surface area contributed by atoms with Crippen LogP contribution in [-0.2, 0) is 11.2 Å². The van der Waals surface area contributed by atoms with E-state index in [4.69, 9.17) is 4.74 Å². The highest BCUT2D eigenvalue weighted by Gasteiger charge is 2.09. The lowest BCUT2D eigenvalue weighted by atomic mass is 10.1. The van der Waals surface area contributed by atoms with Crippen LogP contribution in [0, 0.1) is 5.82 Å². The molecule has 19 heavy (non-hydrogen) atoms. The standard InChI is InChI=1S/C15H22FNO2/c1-4-17(5-2)9-8-13(18)10-12-6-7-15(19-3)14(16)11-12/h6-7,11H,4-5,8-10H2,1-3H3. The monoisotopic (exact) mass is 267 g/mol. The van der Waals surface area contributed by atoms with Crippen LogP contribution in [0.1, 0.15) is 25.8 Å². The maximum atomic E-state index is 13.5. The predicted octanol–water partition coefficient (Wildman–Crippen LogP) is 2.68. The van der Waals surface area contributed by atoms with Gasteiger partial charge in [-0.15, -0.1) is 0 Å². The topological polar surface area (TPSA) is 29.5 Å². The number of ether oxygens (including phenoxy) is 1. The van der Waals surface area contributed by atoms with Crippen LogP contribution in [0.5, 0.6) is 5.75 Å². The summed E-state index contributed by atoms with van der Waals surface area (Å²) in [5.41, 5.74) is 0.697. The fourth-order valence-electron chi connectivity index (χ4n) is 1.96. The third-order valence-corrected chi connectivity index (χ3v) is 3.22. The van der Waals surface area contributed by atoms with Crippen molar-refractivity contribution >= 4 is 5.78 Å². The minimum Gasteiger partial charge on any atom is -0.494 e. The van der Waals surface area contributed by atoms with E-state index in [2.05, 4.69) is 18.7 Å². The van der Waals surface area contributed by atoms with Crippen molar-refractivity contribution in [2.45, 2.75) is 26.7 Å². The zero-order valence-corrected chi connectivity index (χ0v) is 11.9. The molecule has 4 heteroatoms. The molecular formula is C15H22FNO2. The third kappa shape index (κ3) is 4.99. The van der Waals surface area contributed by atoms with Crippen molar-refractivity contribution in [3.63, 3.8) is 0 Å². The predicted molar refractivity (Wildman–Crippen MR) is 74.1 cm³/mol. The number of benzene rings is 1. The molecule has 0 spiro atoms. The second kappa shape index (κ2) is 7.89. The summed E-state index contributed by atoms with van der Waals surface area (Å²) in [6.45, 7) is 6.81. The molecule has 0 unspecified atom stereocenters. The van der Waals surface area contributed by atoms with E-state index in [0.29, 0.717) is 12.0 Å². The van der Waals surface area contributed by atoms with Crippen molar-refractivity contribution < 1.29 is 13.9 Å². The van der Waals surface area contributed by atoms with E-state index in [9.17, 15) is 9.18 Å². The first-order valence-electron chi connectivity index (χ1n) is 6.67. The molecule has 0 atom stereocenters. The van der Waals surface area contributed by atoms with Gasteiger partial charge >= 0.3 is 0 Å². The minimum absolute atomic E-state index is 0.136. The quantitative estimate of drug-likeness (QED) is 0.725. The normalized spacial score (nSPS) is 10.8. The van der Waals surface area contributed by atoms with Crippen LogP contribution in [0.4, 0.5) is 4.39 Å². The van der Waals surface area contributed by atoms with Crippen LogP contribution in [0.25, 0.3) is 0 Å². The number of rotatable bonds is 8. The molecule has 0 aliphatic heterocycles. The van der Waals surface area contributed by atoms with Crippen LogP contribution >= 0.6 is 0 Å². The average molecular weight is 267 g/mol. The Kier molecular flexibility index (Phi) is 6.50. The number of nitrogens with zero attached hydrogens (tertiary/aromatic N) is 1. The van der Waals surface area contributed by atoms with Gasteiger partial charge < -0.3 is 9.64 Å². The van der Waals surface area contributed by atoms with E-state index < -0.39 is 5.82 Å². The Labute approximate surface area is 114 Å². The van der Waals surface area contributed by atoms with Crippen molar-refractivity contribution in [2.75, 3.05) is 26.7 Å². The fraction of sp³-hybridized carbons (Fsp3) is 0.533. The molecule has 0 N–H and O–H groups in total. The molecule has 1 rings (SSSR count). The molecule has 0 saturated heterocycles. The number of carbonyl (C=O) groups is 1. The van der Waals surface area contributed by atoms with Gasteiger partial charge in [-0.3, -0.25) is 4.79 Å². The molecule has 0 radical (unpaired) electrons. The van der Waals surface area contributed by atoms with Gasteiger partial charge in [-0.05, 0) is 30.8 Å². The zero-order valence-electron chi connectivity index (χ0n) is 11.9. The van der Waals surface area contributed by atoms with Crippen molar-refractivity contribution in [3.05, 3.63) is 29.6 Å². The van der Waals surface area contributed by atoms with Crippen molar-refractivity contribution in [3.8, 4) is 5.75 Å². The number of hydrogen-bond acceptors (Lipinski definition) is 3. The van der Waals surface area contributed by atoms with Crippen LogP contribution in [0.15, 0.2) is 18.2 Å². The molecule has 0 fully saturated rings. The number of ketones is 1.